The number of esters is 1. The molecule has 0 unspecified atom stereocenters. The van der Waals surface area contributed by atoms with Crippen molar-refractivity contribution >= 4 is 5.97 Å². The van der Waals surface area contributed by atoms with Crippen LogP contribution in [0.5, 0.6) is 0 Å². The van der Waals surface area contributed by atoms with E-state index in [4.69, 9.17) is 0 Å². The molecule has 0 spiro atoms. The summed E-state index contributed by atoms with van der Waals surface area (Å²) in [5, 5.41) is 0. The van der Waals surface area contributed by atoms with Crippen molar-refractivity contribution in [2.45, 2.75) is 6.18 Å². The van der Waals surface area contributed by atoms with Crippen molar-refractivity contribution in [1.29, 1.82) is 0 Å². The zero-order valence-electron chi connectivity index (χ0n) is 10.7. The topological polar surface area (TPSA) is 39.2 Å². The number of ether oxygens (including phenoxy) is 1. The monoisotopic (exact) mass is 299 g/mol. The lowest BCUT2D eigenvalue weighted by Crippen LogP contribution is -2.08. The molecule has 0 aliphatic rings. The van der Waals surface area contributed by atoms with E-state index in [1.165, 1.54) is 12.1 Å². The van der Waals surface area contributed by atoms with Gasteiger partial charge in [0.25, 0.3) is 0 Å². The lowest BCUT2D eigenvalue weighted by atomic mass is 10.0. The Morgan fingerprint density at radius 3 is 2.57 bits per heavy atom. The molecule has 0 saturated heterocycles. The summed E-state index contributed by atoms with van der Waals surface area (Å²) in [6.45, 7) is 0. The maximum absolute atomic E-state index is 13.3. The van der Waals surface area contributed by atoms with E-state index in [0.29, 0.717) is 0 Å². The molecule has 1 aromatic heterocycles. The van der Waals surface area contributed by atoms with Crippen LogP contribution in [0.3, 0.4) is 0 Å². The Balaban J connectivity index is 2.61. The Morgan fingerprint density at radius 2 is 1.95 bits per heavy atom. The van der Waals surface area contributed by atoms with Crippen molar-refractivity contribution in [2.24, 2.45) is 0 Å². The quantitative estimate of drug-likeness (QED) is 0.627. The molecule has 1 heterocycles. The first-order valence-corrected chi connectivity index (χ1v) is 5.74. The third-order valence-electron chi connectivity index (χ3n) is 2.73. The number of halogens is 4. The predicted molar refractivity (Wildman–Crippen MR) is 66.0 cm³/mol. The van der Waals surface area contributed by atoms with Gasteiger partial charge in [0, 0.05) is 5.56 Å². The van der Waals surface area contributed by atoms with Crippen molar-refractivity contribution in [3.63, 3.8) is 0 Å². The van der Waals surface area contributed by atoms with Gasteiger partial charge in [0.05, 0.1) is 18.9 Å². The van der Waals surface area contributed by atoms with E-state index in [1.807, 2.05) is 0 Å². The molecule has 2 rings (SSSR count). The van der Waals surface area contributed by atoms with E-state index >= 15 is 0 Å². The summed E-state index contributed by atoms with van der Waals surface area (Å²) in [6, 6.07) is 5.15. The van der Waals surface area contributed by atoms with Crippen LogP contribution in [0.1, 0.15) is 16.1 Å². The number of rotatable bonds is 2. The molecule has 0 N–H and O–H groups in total. The van der Waals surface area contributed by atoms with Crippen LogP contribution in [-0.4, -0.2) is 18.1 Å². The molecule has 0 fully saturated rings. The van der Waals surface area contributed by atoms with Gasteiger partial charge in [-0.3, -0.25) is 0 Å². The predicted octanol–water partition coefficient (Wildman–Crippen LogP) is 3.69. The van der Waals surface area contributed by atoms with Crippen LogP contribution in [0.15, 0.2) is 36.5 Å². The number of alkyl halides is 3. The average molecular weight is 299 g/mol. The average Bonchev–Trinajstić information content (AvgIpc) is 2.45. The molecule has 0 radical (unpaired) electrons. The molecule has 0 amide bonds. The first kappa shape index (κ1) is 15.0. The van der Waals surface area contributed by atoms with E-state index in [9.17, 15) is 22.4 Å². The maximum Gasteiger partial charge on any atom is 0.416 e. The molecule has 7 heteroatoms. The van der Waals surface area contributed by atoms with Gasteiger partial charge in [-0.1, -0.05) is 12.1 Å². The molecule has 0 saturated carbocycles. The van der Waals surface area contributed by atoms with Crippen LogP contribution in [-0.2, 0) is 10.9 Å². The minimum Gasteiger partial charge on any atom is -0.464 e. The molecular weight excluding hydrogens is 290 g/mol. The van der Waals surface area contributed by atoms with Gasteiger partial charge in [-0.2, -0.15) is 13.2 Å². The van der Waals surface area contributed by atoms with Gasteiger partial charge >= 0.3 is 12.1 Å². The summed E-state index contributed by atoms with van der Waals surface area (Å²) in [5.74, 6) is -1.63. The molecule has 2 aromatic rings. The van der Waals surface area contributed by atoms with Crippen molar-refractivity contribution in [1.82, 2.24) is 4.98 Å². The second-order valence-corrected chi connectivity index (χ2v) is 4.12. The summed E-state index contributed by atoms with van der Waals surface area (Å²) in [7, 11) is 1.10. The number of carbonyl (C=O) groups excluding carboxylic acids is 1. The van der Waals surface area contributed by atoms with Crippen LogP contribution >= 0.6 is 0 Å². The van der Waals surface area contributed by atoms with Crippen LogP contribution in [0.2, 0.25) is 0 Å². The Bertz CT molecular complexity index is 683. The molecule has 0 aliphatic heterocycles. The van der Waals surface area contributed by atoms with Gasteiger partial charge in [0.2, 0.25) is 0 Å². The molecule has 110 valence electrons. The van der Waals surface area contributed by atoms with Crippen molar-refractivity contribution in [3.05, 3.63) is 53.6 Å². The van der Waals surface area contributed by atoms with Crippen LogP contribution in [0, 0.1) is 5.82 Å². The highest BCUT2D eigenvalue weighted by Gasteiger charge is 2.30. The summed E-state index contributed by atoms with van der Waals surface area (Å²) in [6.07, 6.45) is -3.74. The number of methoxy groups -OCH3 is 1. The molecule has 21 heavy (non-hydrogen) atoms. The van der Waals surface area contributed by atoms with Gasteiger partial charge < -0.3 is 4.74 Å². The molecule has 3 nitrogen and oxygen atoms in total. The number of nitrogens with zero attached hydrogens (tertiary/aromatic N) is 1. The summed E-state index contributed by atoms with van der Waals surface area (Å²) >= 11 is 0. The van der Waals surface area contributed by atoms with Crippen molar-refractivity contribution < 1.29 is 27.1 Å². The molecule has 0 atom stereocenters. The van der Waals surface area contributed by atoms with Crippen LogP contribution in [0.4, 0.5) is 17.6 Å². The van der Waals surface area contributed by atoms with E-state index in [1.54, 1.807) is 0 Å². The highest BCUT2D eigenvalue weighted by atomic mass is 19.4. The van der Waals surface area contributed by atoms with Crippen molar-refractivity contribution in [3.8, 4) is 11.1 Å². The fourth-order valence-corrected chi connectivity index (χ4v) is 1.78. The largest absolute Gasteiger partial charge is 0.464 e. The Kier molecular flexibility index (Phi) is 3.93. The van der Waals surface area contributed by atoms with Gasteiger partial charge in [-0.25, -0.2) is 14.2 Å². The number of benzene rings is 1. The fraction of sp³-hybridized carbons (Fsp3) is 0.143. The molecule has 1 aromatic carbocycles. The summed E-state index contributed by atoms with van der Waals surface area (Å²) in [5.41, 5.74) is -1.19. The van der Waals surface area contributed by atoms with Gasteiger partial charge in [-0.05, 0) is 23.8 Å². The minimum absolute atomic E-state index is 0.0252. The first-order valence-electron chi connectivity index (χ1n) is 5.74. The standard InChI is InChI=1S/C14H9F4NO2/c1-21-13(20)12-11(6-10(15)7-19-12)8-3-2-4-9(5-8)14(16,17)18/h2-7H,1H3. The van der Waals surface area contributed by atoms with Gasteiger partial charge in [0.15, 0.2) is 5.69 Å². The smallest absolute Gasteiger partial charge is 0.416 e. The van der Waals surface area contributed by atoms with E-state index < -0.39 is 23.5 Å². The Morgan fingerprint density at radius 1 is 1.24 bits per heavy atom. The second kappa shape index (κ2) is 5.51. The zero-order valence-corrected chi connectivity index (χ0v) is 10.7. The van der Waals surface area contributed by atoms with E-state index in [2.05, 4.69) is 9.72 Å². The van der Waals surface area contributed by atoms with Crippen LogP contribution < -0.4 is 0 Å². The maximum atomic E-state index is 13.3. The lowest BCUT2D eigenvalue weighted by molar-refractivity contribution is -0.137. The number of carbonyl (C=O) groups is 1. The number of pyridine rings is 1. The van der Waals surface area contributed by atoms with E-state index in [-0.39, 0.29) is 16.8 Å². The lowest BCUT2D eigenvalue weighted by Gasteiger charge is -2.11. The number of hydrogen-bond acceptors (Lipinski definition) is 3. The van der Waals surface area contributed by atoms with E-state index in [0.717, 1.165) is 31.5 Å². The molecule has 0 aliphatic carbocycles. The minimum atomic E-state index is -4.54. The normalized spacial score (nSPS) is 11.3. The Hall–Kier alpha value is -2.44. The zero-order chi connectivity index (χ0) is 15.6. The number of aromatic nitrogens is 1. The van der Waals surface area contributed by atoms with Gasteiger partial charge in [-0.15, -0.1) is 0 Å². The first-order chi connectivity index (χ1) is 9.82. The molecular formula is C14H9F4NO2. The second-order valence-electron chi connectivity index (χ2n) is 4.12. The fourth-order valence-electron chi connectivity index (χ4n) is 1.78. The summed E-state index contributed by atoms with van der Waals surface area (Å²) < 4.78 is 55.9. The van der Waals surface area contributed by atoms with Crippen LogP contribution in [0.25, 0.3) is 11.1 Å². The highest BCUT2D eigenvalue weighted by Crippen LogP contribution is 2.33. The molecule has 0 bridgehead atoms. The number of hydrogen-bond donors (Lipinski definition) is 0. The Labute approximate surface area is 117 Å². The van der Waals surface area contributed by atoms with Crippen molar-refractivity contribution in [2.75, 3.05) is 7.11 Å². The van der Waals surface area contributed by atoms with Gasteiger partial charge in [0.1, 0.15) is 5.82 Å². The summed E-state index contributed by atoms with van der Waals surface area (Å²) in [4.78, 5) is 15.2. The third kappa shape index (κ3) is 3.18. The third-order valence-corrected chi connectivity index (χ3v) is 2.73. The SMILES string of the molecule is COC(=O)c1ncc(F)cc1-c1cccc(C(F)(F)F)c1. The highest BCUT2D eigenvalue weighted by molar-refractivity contribution is 5.95.